The lowest BCUT2D eigenvalue weighted by Crippen LogP contribution is -2.47. The fourth-order valence-corrected chi connectivity index (χ4v) is 1.65. The van der Waals surface area contributed by atoms with Gasteiger partial charge in [-0.3, -0.25) is 0 Å². The molecule has 14 heavy (non-hydrogen) atoms. The first-order valence-corrected chi connectivity index (χ1v) is 5.74. The van der Waals surface area contributed by atoms with E-state index in [1.165, 1.54) is 0 Å². The fourth-order valence-electron chi connectivity index (χ4n) is 1.65. The van der Waals surface area contributed by atoms with Gasteiger partial charge in [-0.1, -0.05) is 27.7 Å². The Morgan fingerprint density at radius 2 is 1.79 bits per heavy atom. The lowest BCUT2D eigenvalue weighted by molar-refractivity contribution is -0.0314. The quantitative estimate of drug-likeness (QED) is 0.603. The molecule has 1 rings (SSSR count). The van der Waals surface area contributed by atoms with Crippen molar-refractivity contribution >= 4 is 7.12 Å². The van der Waals surface area contributed by atoms with E-state index < -0.39 is 0 Å². The predicted octanol–water partition coefficient (Wildman–Crippen LogP) is 3.51. The first kappa shape index (κ1) is 14.0. The maximum Gasteiger partial charge on any atom is 0.460 e. The maximum absolute atomic E-state index is 5.78. The van der Waals surface area contributed by atoms with Gasteiger partial charge in [0, 0.05) is 6.10 Å². The van der Waals surface area contributed by atoms with Crippen LogP contribution in [0, 0.1) is 0 Å². The summed E-state index contributed by atoms with van der Waals surface area (Å²) in [5.74, 6) is 0.437. The molecule has 1 unspecified atom stereocenters. The Bertz CT molecular complexity index is 157. The minimum atomic E-state index is -0.0243. The molecule has 0 aromatic carbocycles. The Morgan fingerprint density at radius 1 is 1.29 bits per heavy atom. The number of hydrogen-bond acceptors (Lipinski definition) is 2. The highest BCUT2D eigenvalue weighted by Gasteiger charge is 2.38. The average molecular weight is 200 g/mol. The topological polar surface area (TPSA) is 18.5 Å². The molecule has 1 aliphatic rings. The Morgan fingerprint density at radius 3 is 2.14 bits per heavy atom. The van der Waals surface area contributed by atoms with Crippen LogP contribution >= 0.6 is 0 Å². The summed E-state index contributed by atoms with van der Waals surface area (Å²) >= 11 is 0. The molecule has 0 aromatic heterocycles. The van der Waals surface area contributed by atoms with Crippen LogP contribution < -0.4 is 0 Å². The summed E-state index contributed by atoms with van der Waals surface area (Å²) in [6.07, 6.45) is 1.30. The largest absolute Gasteiger partial charge is 0.460 e. The van der Waals surface area contributed by atoms with E-state index in [9.17, 15) is 0 Å². The van der Waals surface area contributed by atoms with Crippen molar-refractivity contribution in [3.63, 3.8) is 0 Å². The molecule has 1 aliphatic heterocycles. The van der Waals surface area contributed by atoms with Crippen molar-refractivity contribution in [2.75, 3.05) is 0 Å². The van der Waals surface area contributed by atoms with E-state index >= 15 is 0 Å². The van der Waals surface area contributed by atoms with E-state index in [-0.39, 0.29) is 12.7 Å². The summed E-state index contributed by atoms with van der Waals surface area (Å²) in [6.45, 7) is 14.6. The zero-order chi connectivity index (χ0) is 11.4. The second-order valence-electron chi connectivity index (χ2n) is 4.64. The second kappa shape index (κ2) is 5.77. The van der Waals surface area contributed by atoms with Crippen LogP contribution in [0.25, 0.3) is 0 Å². The van der Waals surface area contributed by atoms with E-state index in [4.69, 9.17) is 9.31 Å². The molecule has 1 heterocycles. The average Bonchev–Trinajstić information content (AvgIpc) is 2.04. The van der Waals surface area contributed by atoms with Gasteiger partial charge in [-0.05, 0) is 33.0 Å². The first-order valence-electron chi connectivity index (χ1n) is 5.74. The smallest absolute Gasteiger partial charge is 0.408 e. The molecule has 0 amide bonds. The lowest BCUT2D eigenvalue weighted by atomic mass is 9.71. The van der Waals surface area contributed by atoms with Gasteiger partial charge in [0.25, 0.3) is 0 Å². The van der Waals surface area contributed by atoms with Gasteiger partial charge in [-0.25, -0.2) is 0 Å². The van der Waals surface area contributed by atoms with Crippen LogP contribution in [-0.2, 0) is 9.31 Å². The third kappa shape index (κ3) is 4.47. The van der Waals surface area contributed by atoms with E-state index in [1.54, 1.807) is 0 Å². The molecule has 3 heteroatoms. The minimum absolute atomic E-state index is 0.0212. The molecule has 0 aromatic rings. The van der Waals surface area contributed by atoms with Crippen LogP contribution in [0.15, 0.2) is 0 Å². The van der Waals surface area contributed by atoms with E-state index in [1.807, 2.05) is 13.8 Å². The summed E-state index contributed by atoms with van der Waals surface area (Å²) in [6, 6.07) is 0. The molecule has 0 radical (unpaired) electrons. The molecule has 0 aliphatic carbocycles. The molecular weight excluding hydrogens is 175 g/mol. The predicted molar refractivity (Wildman–Crippen MR) is 62.5 cm³/mol. The van der Waals surface area contributed by atoms with Gasteiger partial charge in [0.1, 0.15) is 0 Å². The van der Waals surface area contributed by atoms with Gasteiger partial charge < -0.3 is 9.31 Å². The Hall–Kier alpha value is -0.0151. The molecule has 0 N–H and O–H groups in total. The summed E-state index contributed by atoms with van der Waals surface area (Å²) in [4.78, 5) is 0. The number of rotatable bonds is 1. The standard InChI is InChI=1S/C9H19BO2.C2H6/c1-7(2)10-11-8(3)6-9(4,5)12-10;1-2/h7-8H,6H2,1-5H3;1-2H3. The fraction of sp³-hybridized carbons (Fsp3) is 1.00. The van der Waals surface area contributed by atoms with Crippen molar-refractivity contribution in [1.82, 2.24) is 0 Å². The molecule has 1 fully saturated rings. The normalized spacial score (nSPS) is 25.7. The minimum Gasteiger partial charge on any atom is -0.408 e. The van der Waals surface area contributed by atoms with Crippen molar-refractivity contribution in [3.05, 3.63) is 0 Å². The molecule has 1 atom stereocenters. The molecule has 84 valence electrons. The maximum atomic E-state index is 5.78. The zero-order valence-corrected chi connectivity index (χ0v) is 10.8. The van der Waals surface area contributed by atoms with Crippen molar-refractivity contribution in [2.45, 2.75) is 72.4 Å². The molecule has 2 nitrogen and oxygen atoms in total. The lowest BCUT2D eigenvalue weighted by Gasteiger charge is -2.39. The van der Waals surface area contributed by atoms with Gasteiger partial charge in [-0.15, -0.1) is 0 Å². The van der Waals surface area contributed by atoms with Crippen molar-refractivity contribution < 1.29 is 9.31 Å². The van der Waals surface area contributed by atoms with Crippen molar-refractivity contribution in [1.29, 1.82) is 0 Å². The summed E-state index contributed by atoms with van der Waals surface area (Å²) in [7, 11) is -0.0243. The molecule has 0 spiro atoms. The monoisotopic (exact) mass is 200 g/mol. The molecular formula is C11H25BO2. The van der Waals surface area contributed by atoms with Gasteiger partial charge in [0.15, 0.2) is 0 Å². The van der Waals surface area contributed by atoms with Crippen molar-refractivity contribution in [3.8, 4) is 0 Å². The highest BCUT2D eigenvalue weighted by molar-refractivity contribution is 6.46. The van der Waals surface area contributed by atoms with Crippen LogP contribution in [0.3, 0.4) is 0 Å². The summed E-state index contributed by atoms with van der Waals surface area (Å²) in [5.41, 5.74) is -0.0212. The number of hydrogen-bond donors (Lipinski definition) is 0. The van der Waals surface area contributed by atoms with Crippen LogP contribution in [0.2, 0.25) is 5.82 Å². The molecule has 0 bridgehead atoms. The van der Waals surface area contributed by atoms with Gasteiger partial charge in [0.2, 0.25) is 0 Å². The highest BCUT2D eigenvalue weighted by atomic mass is 16.6. The Labute approximate surface area is 89.5 Å². The van der Waals surface area contributed by atoms with E-state index in [0.717, 1.165) is 6.42 Å². The molecule has 1 saturated heterocycles. The zero-order valence-electron chi connectivity index (χ0n) is 10.8. The third-order valence-corrected chi connectivity index (χ3v) is 2.12. The van der Waals surface area contributed by atoms with Gasteiger partial charge >= 0.3 is 7.12 Å². The second-order valence-corrected chi connectivity index (χ2v) is 4.64. The summed E-state index contributed by atoms with van der Waals surface area (Å²) in [5, 5.41) is 0. The van der Waals surface area contributed by atoms with Gasteiger partial charge in [0.05, 0.1) is 5.60 Å². The van der Waals surface area contributed by atoms with Crippen molar-refractivity contribution in [2.24, 2.45) is 0 Å². The first-order chi connectivity index (χ1) is 6.41. The van der Waals surface area contributed by atoms with Crippen LogP contribution in [0.4, 0.5) is 0 Å². The Kier molecular flexibility index (Phi) is 5.76. The SMILES string of the molecule is CC.CC1CC(C)(C)OB(C(C)C)O1. The molecule has 0 saturated carbocycles. The van der Waals surface area contributed by atoms with Crippen LogP contribution in [0.5, 0.6) is 0 Å². The Balaban J connectivity index is 0.000000791. The van der Waals surface area contributed by atoms with E-state index in [2.05, 4.69) is 34.6 Å². The summed E-state index contributed by atoms with van der Waals surface area (Å²) < 4.78 is 11.4. The van der Waals surface area contributed by atoms with Crippen LogP contribution in [0.1, 0.15) is 54.9 Å². The highest BCUT2D eigenvalue weighted by Crippen LogP contribution is 2.29. The third-order valence-electron chi connectivity index (χ3n) is 2.12. The van der Waals surface area contributed by atoms with Gasteiger partial charge in [-0.2, -0.15) is 0 Å². The van der Waals surface area contributed by atoms with E-state index in [0.29, 0.717) is 11.9 Å². The van der Waals surface area contributed by atoms with Crippen LogP contribution in [-0.4, -0.2) is 18.8 Å².